The minimum absolute atomic E-state index is 0.0194. The van der Waals surface area contributed by atoms with Gasteiger partial charge in [-0.3, -0.25) is 0 Å². The number of hydrogen-bond donors (Lipinski definition) is 2. The first kappa shape index (κ1) is 17.0. The van der Waals surface area contributed by atoms with Gasteiger partial charge in [0.05, 0.1) is 16.8 Å². The fraction of sp³-hybridized carbons (Fsp3) is 0.222. The smallest absolute Gasteiger partial charge is 0.418 e. The summed E-state index contributed by atoms with van der Waals surface area (Å²) in [6.07, 6.45) is -4.53. The number of azo groups is 1. The normalized spacial score (nSPS) is 12.6. The lowest BCUT2D eigenvalue weighted by molar-refractivity contribution is -0.136. The van der Waals surface area contributed by atoms with E-state index >= 15 is 0 Å². The van der Waals surface area contributed by atoms with Crippen molar-refractivity contribution in [3.05, 3.63) is 53.6 Å². The Morgan fingerprint density at radius 2 is 1.68 bits per heavy atom. The molecule has 0 unspecified atom stereocenters. The van der Waals surface area contributed by atoms with Gasteiger partial charge in [-0.2, -0.15) is 18.3 Å². The molecule has 130 valence electrons. The number of benzene rings is 2. The van der Waals surface area contributed by atoms with E-state index in [4.69, 9.17) is 0 Å². The van der Waals surface area contributed by atoms with Crippen LogP contribution in [0.1, 0.15) is 30.9 Å². The van der Waals surface area contributed by atoms with E-state index in [1.54, 1.807) is 12.1 Å². The zero-order valence-corrected chi connectivity index (χ0v) is 13.6. The van der Waals surface area contributed by atoms with E-state index in [1.165, 1.54) is 12.1 Å². The molecule has 0 atom stereocenters. The summed E-state index contributed by atoms with van der Waals surface area (Å²) >= 11 is 0. The molecule has 0 aliphatic rings. The van der Waals surface area contributed by atoms with Crippen molar-refractivity contribution in [1.29, 1.82) is 0 Å². The van der Waals surface area contributed by atoms with Crippen molar-refractivity contribution in [2.45, 2.75) is 25.9 Å². The molecule has 1 heterocycles. The summed E-state index contributed by atoms with van der Waals surface area (Å²) in [6, 6.07) is 11.0. The maximum atomic E-state index is 13.1. The monoisotopic (exact) mass is 347 g/mol. The van der Waals surface area contributed by atoms with Crippen LogP contribution in [0, 0.1) is 0 Å². The van der Waals surface area contributed by atoms with Crippen LogP contribution in [0.15, 0.2) is 52.7 Å². The van der Waals surface area contributed by atoms with E-state index in [1.807, 2.05) is 12.1 Å². The van der Waals surface area contributed by atoms with E-state index in [2.05, 4.69) is 29.1 Å². The van der Waals surface area contributed by atoms with Gasteiger partial charge in [-0.25, -0.2) is 0 Å². The molecule has 2 aromatic carbocycles. The summed E-state index contributed by atoms with van der Waals surface area (Å²) in [4.78, 5) is 2.34. The number of halogens is 3. The second-order valence-electron chi connectivity index (χ2n) is 5.99. The Morgan fingerprint density at radius 3 is 2.28 bits per heavy atom. The van der Waals surface area contributed by atoms with E-state index in [0.29, 0.717) is 11.6 Å². The summed E-state index contributed by atoms with van der Waals surface area (Å²) in [5.41, 5.74) is 0.600. The molecule has 3 rings (SSSR count). The van der Waals surface area contributed by atoms with Crippen LogP contribution >= 0.6 is 0 Å². The van der Waals surface area contributed by atoms with Crippen LogP contribution in [0.4, 0.5) is 24.5 Å². The van der Waals surface area contributed by atoms with Crippen LogP contribution in [0.3, 0.4) is 0 Å². The minimum Gasteiger partial charge on any atom is -0.493 e. The van der Waals surface area contributed by atoms with Crippen molar-refractivity contribution in [2.75, 3.05) is 0 Å². The Kier molecular flexibility index (Phi) is 4.24. The zero-order valence-electron chi connectivity index (χ0n) is 13.6. The molecule has 2 N–H and O–H groups in total. The quantitative estimate of drug-likeness (QED) is 0.527. The zero-order chi connectivity index (χ0) is 18.2. The second-order valence-corrected chi connectivity index (χ2v) is 5.99. The van der Waals surface area contributed by atoms with Gasteiger partial charge in [0.1, 0.15) is 0 Å². The molecule has 0 aliphatic carbocycles. The molecule has 25 heavy (non-hydrogen) atoms. The van der Waals surface area contributed by atoms with Crippen molar-refractivity contribution in [1.82, 2.24) is 4.98 Å². The Labute approximate surface area is 142 Å². The Morgan fingerprint density at radius 1 is 1.00 bits per heavy atom. The lowest BCUT2D eigenvalue weighted by Crippen LogP contribution is -2.05. The molecular weight excluding hydrogens is 331 g/mol. The van der Waals surface area contributed by atoms with Crippen molar-refractivity contribution < 1.29 is 18.3 Å². The average Bonchev–Trinajstić information content (AvgIpc) is 2.87. The predicted octanol–water partition coefficient (Wildman–Crippen LogP) is 6.43. The molecule has 0 bridgehead atoms. The summed E-state index contributed by atoms with van der Waals surface area (Å²) in [5, 5.41) is 18.1. The third-order valence-corrected chi connectivity index (χ3v) is 3.92. The summed E-state index contributed by atoms with van der Waals surface area (Å²) in [6.45, 7) is 4.14. The van der Waals surface area contributed by atoms with Gasteiger partial charge in [-0.1, -0.05) is 38.1 Å². The minimum atomic E-state index is -4.53. The number of aromatic amines is 1. The lowest BCUT2D eigenvalue weighted by atomic mass is 10.0. The van der Waals surface area contributed by atoms with Crippen LogP contribution in [0.5, 0.6) is 5.88 Å². The van der Waals surface area contributed by atoms with E-state index < -0.39 is 17.6 Å². The molecule has 3 aromatic rings. The molecule has 0 amide bonds. The number of para-hydroxylation sites is 1. The van der Waals surface area contributed by atoms with Crippen LogP contribution in [-0.2, 0) is 6.18 Å². The Balaban J connectivity index is 2.00. The topological polar surface area (TPSA) is 60.7 Å². The molecule has 0 fully saturated rings. The third kappa shape index (κ3) is 3.35. The molecule has 4 nitrogen and oxygen atoms in total. The summed E-state index contributed by atoms with van der Waals surface area (Å²) in [5.74, 6) is -0.0707. The number of alkyl halides is 3. The molecule has 0 spiro atoms. The van der Waals surface area contributed by atoms with Gasteiger partial charge in [0.2, 0.25) is 5.88 Å². The lowest BCUT2D eigenvalue weighted by Gasteiger charge is -2.07. The highest BCUT2D eigenvalue weighted by atomic mass is 19.4. The van der Waals surface area contributed by atoms with E-state index in [-0.39, 0.29) is 16.6 Å². The Bertz CT molecular complexity index is 925. The summed E-state index contributed by atoms with van der Waals surface area (Å²) < 4.78 is 39.2. The first-order valence-electron chi connectivity index (χ1n) is 7.70. The largest absolute Gasteiger partial charge is 0.493 e. The van der Waals surface area contributed by atoms with Crippen molar-refractivity contribution in [2.24, 2.45) is 10.2 Å². The number of nitrogens with zero attached hydrogens (tertiary/aromatic N) is 2. The molecule has 0 radical (unpaired) electrons. The van der Waals surface area contributed by atoms with Gasteiger partial charge in [0, 0.05) is 5.39 Å². The van der Waals surface area contributed by atoms with Crippen LogP contribution in [0.25, 0.3) is 10.9 Å². The van der Waals surface area contributed by atoms with Gasteiger partial charge in [-0.15, -0.1) is 5.11 Å². The average molecular weight is 347 g/mol. The van der Waals surface area contributed by atoms with E-state index in [0.717, 1.165) is 11.6 Å². The number of H-pyrrole nitrogens is 1. The highest BCUT2D eigenvalue weighted by Crippen LogP contribution is 2.42. The number of aromatic nitrogens is 1. The third-order valence-electron chi connectivity index (χ3n) is 3.92. The van der Waals surface area contributed by atoms with E-state index in [9.17, 15) is 18.3 Å². The van der Waals surface area contributed by atoms with Crippen molar-refractivity contribution in [3.63, 3.8) is 0 Å². The van der Waals surface area contributed by atoms with Crippen LogP contribution < -0.4 is 0 Å². The molecule has 0 aliphatic heterocycles. The fourth-order valence-electron chi connectivity index (χ4n) is 2.56. The predicted molar refractivity (Wildman–Crippen MR) is 89.7 cm³/mol. The first-order valence-corrected chi connectivity index (χ1v) is 7.70. The standard InChI is InChI=1S/C18H16F3N3O/c1-10(2)11-6-8-12(9-7-11)23-24-16-13-4-3-5-14(18(19,20)21)15(13)22-17(16)25/h3-10,22,25H,1-2H3. The summed E-state index contributed by atoms with van der Waals surface area (Å²) in [7, 11) is 0. The number of nitrogens with one attached hydrogen (secondary N) is 1. The van der Waals surface area contributed by atoms with Gasteiger partial charge >= 0.3 is 6.18 Å². The van der Waals surface area contributed by atoms with Crippen molar-refractivity contribution in [3.8, 4) is 5.88 Å². The maximum absolute atomic E-state index is 13.1. The molecule has 0 saturated heterocycles. The number of rotatable bonds is 3. The van der Waals surface area contributed by atoms with Crippen LogP contribution in [-0.4, -0.2) is 10.1 Å². The first-order chi connectivity index (χ1) is 11.8. The van der Waals surface area contributed by atoms with Crippen molar-refractivity contribution >= 4 is 22.3 Å². The molecular formula is C18H16F3N3O. The highest BCUT2D eigenvalue weighted by Gasteiger charge is 2.34. The van der Waals surface area contributed by atoms with Gasteiger partial charge < -0.3 is 10.1 Å². The Hall–Kier alpha value is -2.83. The second kappa shape index (κ2) is 6.23. The molecule has 7 heteroatoms. The fourth-order valence-corrected chi connectivity index (χ4v) is 2.56. The number of hydrogen-bond acceptors (Lipinski definition) is 3. The number of fused-ring (bicyclic) bond motifs is 1. The molecule has 1 aromatic heterocycles. The number of aromatic hydroxyl groups is 1. The highest BCUT2D eigenvalue weighted by molar-refractivity contribution is 5.96. The van der Waals surface area contributed by atoms with Crippen LogP contribution in [0.2, 0.25) is 0 Å². The van der Waals surface area contributed by atoms with Gasteiger partial charge in [-0.05, 0) is 29.7 Å². The van der Waals surface area contributed by atoms with Gasteiger partial charge in [0.25, 0.3) is 0 Å². The molecule has 0 saturated carbocycles. The maximum Gasteiger partial charge on any atom is 0.418 e. The SMILES string of the molecule is CC(C)c1ccc(N=Nc2c(O)[nH]c3c(C(F)(F)F)cccc23)cc1. The van der Waals surface area contributed by atoms with Gasteiger partial charge in [0.15, 0.2) is 5.69 Å².